The van der Waals surface area contributed by atoms with Crippen molar-refractivity contribution in [1.82, 2.24) is 9.78 Å². The summed E-state index contributed by atoms with van der Waals surface area (Å²) in [6, 6.07) is 6.74. The minimum Gasteiger partial charge on any atom is -0.321 e. The van der Waals surface area contributed by atoms with Crippen molar-refractivity contribution in [3.05, 3.63) is 51.5 Å². The van der Waals surface area contributed by atoms with E-state index in [1.54, 1.807) is 12.1 Å². The lowest BCUT2D eigenvalue weighted by molar-refractivity contribution is 0.391. The molecular formula is C16H21BrFN3. The van der Waals surface area contributed by atoms with Gasteiger partial charge in [0.25, 0.3) is 0 Å². The Kier molecular flexibility index (Phi) is 4.84. The molecule has 1 aromatic carbocycles. The van der Waals surface area contributed by atoms with Crippen LogP contribution in [0.5, 0.6) is 0 Å². The number of nitrogens with two attached hydrogens (primary N) is 1. The van der Waals surface area contributed by atoms with E-state index in [2.05, 4.69) is 28.0 Å². The third-order valence-electron chi connectivity index (χ3n) is 4.03. The Morgan fingerprint density at radius 2 is 2.00 bits per heavy atom. The van der Waals surface area contributed by atoms with Crippen molar-refractivity contribution in [2.45, 2.75) is 38.6 Å². The number of aryl methyl sites for hydroxylation is 2. The van der Waals surface area contributed by atoms with E-state index in [1.165, 1.54) is 6.07 Å². The van der Waals surface area contributed by atoms with Gasteiger partial charge in [-0.15, -0.1) is 0 Å². The van der Waals surface area contributed by atoms with E-state index in [0.717, 1.165) is 22.3 Å². The molecule has 0 amide bonds. The van der Waals surface area contributed by atoms with Gasteiger partial charge in [0.05, 0.1) is 15.9 Å². The van der Waals surface area contributed by atoms with Crippen LogP contribution in [0.2, 0.25) is 0 Å². The Hall–Kier alpha value is -1.20. The van der Waals surface area contributed by atoms with E-state index >= 15 is 0 Å². The van der Waals surface area contributed by atoms with Crippen LogP contribution in [0.1, 0.15) is 37.2 Å². The highest BCUT2D eigenvalue weighted by Crippen LogP contribution is 2.32. The van der Waals surface area contributed by atoms with E-state index in [1.807, 2.05) is 24.7 Å². The second kappa shape index (κ2) is 6.28. The molecule has 114 valence electrons. The maximum Gasteiger partial charge on any atom is 0.128 e. The van der Waals surface area contributed by atoms with Gasteiger partial charge in [-0.2, -0.15) is 5.10 Å². The summed E-state index contributed by atoms with van der Waals surface area (Å²) in [6.07, 6.45) is 2.03. The molecule has 0 aliphatic carbocycles. The highest BCUT2D eigenvalue weighted by atomic mass is 79.9. The van der Waals surface area contributed by atoms with Crippen LogP contribution in [0.3, 0.4) is 0 Å². The first-order chi connectivity index (χ1) is 9.92. The first-order valence-electron chi connectivity index (χ1n) is 7.17. The molecule has 3 nitrogen and oxygen atoms in total. The molecule has 1 heterocycles. The lowest BCUT2D eigenvalue weighted by Gasteiger charge is -2.29. The van der Waals surface area contributed by atoms with Gasteiger partial charge in [0, 0.05) is 24.6 Å². The summed E-state index contributed by atoms with van der Waals surface area (Å²) < 4.78 is 16.9. The molecule has 0 bridgehead atoms. The molecule has 1 atom stereocenters. The van der Waals surface area contributed by atoms with Crippen molar-refractivity contribution in [3.8, 4) is 0 Å². The lowest BCUT2D eigenvalue weighted by atomic mass is 9.83. The fraction of sp³-hybridized carbons (Fsp3) is 0.438. The van der Waals surface area contributed by atoms with Crippen molar-refractivity contribution >= 4 is 15.9 Å². The van der Waals surface area contributed by atoms with Crippen LogP contribution in [0, 0.1) is 5.82 Å². The third-order valence-corrected chi connectivity index (χ3v) is 4.94. The minimum absolute atomic E-state index is 0.254. The van der Waals surface area contributed by atoms with Crippen LogP contribution in [0.25, 0.3) is 0 Å². The maximum absolute atomic E-state index is 14.1. The average Bonchev–Trinajstić information content (AvgIpc) is 2.75. The molecule has 0 aliphatic heterocycles. The molecule has 2 aromatic rings. The summed E-state index contributed by atoms with van der Waals surface area (Å²) in [5.41, 5.74) is 8.35. The number of rotatable bonds is 5. The first kappa shape index (κ1) is 16.2. The van der Waals surface area contributed by atoms with Crippen molar-refractivity contribution < 1.29 is 4.39 Å². The molecule has 0 spiro atoms. The normalized spacial score (nSPS) is 14.2. The van der Waals surface area contributed by atoms with Gasteiger partial charge >= 0.3 is 0 Å². The molecule has 0 saturated heterocycles. The topological polar surface area (TPSA) is 43.8 Å². The molecular weight excluding hydrogens is 333 g/mol. The zero-order valence-electron chi connectivity index (χ0n) is 12.7. The van der Waals surface area contributed by atoms with Crippen LogP contribution >= 0.6 is 15.9 Å². The summed E-state index contributed by atoms with van der Waals surface area (Å²) in [5.74, 6) is -0.254. The number of aromatic nitrogens is 2. The van der Waals surface area contributed by atoms with E-state index in [-0.39, 0.29) is 5.82 Å². The van der Waals surface area contributed by atoms with Crippen LogP contribution < -0.4 is 5.73 Å². The molecule has 2 N–H and O–H groups in total. The molecule has 5 heteroatoms. The van der Waals surface area contributed by atoms with Gasteiger partial charge in [-0.3, -0.25) is 4.68 Å². The maximum atomic E-state index is 14.1. The largest absolute Gasteiger partial charge is 0.321 e. The summed E-state index contributed by atoms with van der Waals surface area (Å²) in [7, 11) is 1.90. The van der Waals surface area contributed by atoms with Gasteiger partial charge < -0.3 is 5.73 Å². The Morgan fingerprint density at radius 1 is 1.33 bits per heavy atom. The van der Waals surface area contributed by atoms with Crippen LogP contribution in [0.15, 0.2) is 28.7 Å². The third kappa shape index (κ3) is 3.04. The Balaban J connectivity index is 2.44. The summed E-state index contributed by atoms with van der Waals surface area (Å²) in [6.45, 7) is 4.04. The average molecular weight is 354 g/mol. The predicted molar refractivity (Wildman–Crippen MR) is 86.5 cm³/mol. The minimum atomic E-state index is -0.743. The van der Waals surface area contributed by atoms with Gasteiger partial charge in [0.15, 0.2) is 0 Å². The molecule has 1 unspecified atom stereocenters. The summed E-state index contributed by atoms with van der Waals surface area (Å²) in [4.78, 5) is 0. The number of benzene rings is 1. The number of hydrogen-bond acceptors (Lipinski definition) is 2. The van der Waals surface area contributed by atoms with Crippen LogP contribution in [0.4, 0.5) is 4.39 Å². The van der Waals surface area contributed by atoms with E-state index in [0.29, 0.717) is 18.4 Å². The van der Waals surface area contributed by atoms with Crippen molar-refractivity contribution in [1.29, 1.82) is 0 Å². The summed E-state index contributed by atoms with van der Waals surface area (Å²) in [5, 5.41) is 4.48. The zero-order valence-corrected chi connectivity index (χ0v) is 14.2. The predicted octanol–water partition coefficient (Wildman–Crippen LogP) is 3.69. The SMILES string of the molecule is CCc1nn(C)c(CC(N)(CC)c2ccccc2F)c1Br. The Bertz CT molecular complexity index is 638. The van der Waals surface area contributed by atoms with Crippen molar-refractivity contribution in [2.24, 2.45) is 12.8 Å². The highest BCUT2D eigenvalue weighted by molar-refractivity contribution is 9.10. The molecule has 1 aromatic heterocycles. The van der Waals surface area contributed by atoms with Gasteiger partial charge in [-0.25, -0.2) is 4.39 Å². The molecule has 0 radical (unpaired) electrons. The fourth-order valence-electron chi connectivity index (χ4n) is 2.59. The molecule has 21 heavy (non-hydrogen) atoms. The quantitative estimate of drug-likeness (QED) is 0.890. The van der Waals surface area contributed by atoms with Gasteiger partial charge in [-0.05, 0) is 34.8 Å². The number of nitrogens with zero attached hydrogens (tertiary/aromatic N) is 2. The molecule has 0 saturated carbocycles. The van der Waals surface area contributed by atoms with E-state index in [4.69, 9.17) is 5.73 Å². The van der Waals surface area contributed by atoms with Crippen molar-refractivity contribution in [2.75, 3.05) is 0 Å². The van der Waals surface area contributed by atoms with Gasteiger partial charge in [0.1, 0.15) is 5.82 Å². The smallest absolute Gasteiger partial charge is 0.128 e. The lowest BCUT2D eigenvalue weighted by Crippen LogP contribution is -2.40. The van der Waals surface area contributed by atoms with E-state index < -0.39 is 5.54 Å². The first-order valence-corrected chi connectivity index (χ1v) is 7.96. The van der Waals surface area contributed by atoms with Crippen LogP contribution in [-0.2, 0) is 25.4 Å². The Morgan fingerprint density at radius 3 is 2.52 bits per heavy atom. The number of hydrogen-bond donors (Lipinski definition) is 1. The second-order valence-electron chi connectivity index (χ2n) is 5.35. The van der Waals surface area contributed by atoms with E-state index in [9.17, 15) is 4.39 Å². The standard InChI is InChI=1S/C16H21BrFN3/c1-4-13-15(17)14(21(3)20-13)10-16(19,5-2)11-8-6-7-9-12(11)18/h6-9H,4-5,10,19H2,1-3H3. The second-order valence-corrected chi connectivity index (χ2v) is 6.14. The fourth-order valence-corrected chi connectivity index (χ4v) is 3.34. The molecule has 2 rings (SSSR count). The van der Waals surface area contributed by atoms with Gasteiger partial charge in [0.2, 0.25) is 0 Å². The van der Waals surface area contributed by atoms with Crippen molar-refractivity contribution in [3.63, 3.8) is 0 Å². The number of halogens is 2. The van der Waals surface area contributed by atoms with Crippen LogP contribution in [-0.4, -0.2) is 9.78 Å². The molecule has 0 fully saturated rings. The Labute approximate surface area is 133 Å². The molecule has 0 aliphatic rings. The van der Waals surface area contributed by atoms with Gasteiger partial charge in [-0.1, -0.05) is 32.0 Å². The zero-order chi connectivity index (χ0) is 15.6. The monoisotopic (exact) mass is 353 g/mol. The highest BCUT2D eigenvalue weighted by Gasteiger charge is 2.31. The summed E-state index contributed by atoms with van der Waals surface area (Å²) >= 11 is 3.60.